The van der Waals surface area contributed by atoms with Crippen molar-refractivity contribution in [3.63, 3.8) is 0 Å². The summed E-state index contributed by atoms with van der Waals surface area (Å²) in [6.07, 6.45) is 3.53. The number of aliphatic hydroxyl groups excluding tert-OH is 1. The second-order valence-corrected chi connectivity index (χ2v) is 3.67. The summed E-state index contributed by atoms with van der Waals surface area (Å²) in [7, 11) is 3.79. The maximum absolute atomic E-state index is 8.94. The Morgan fingerprint density at radius 2 is 2.19 bits per heavy atom. The first-order valence-corrected chi connectivity index (χ1v) is 5.58. The topological polar surface area (TPSA) is 61.3 Å². The van der Waals surface area contributed by atoms with E-state index in [2.05, 4.69) is 22.2 Å². The highest BCUT2D eigenvalue weighted by Gasteiger charge is 2.12. The van der Waals surface area contributed by atoms with Crippen LogP contribution in [0.1, 0.15) is 18.9 Å². The summed E-state index contributed by atoms with van der Waals surface area (Å²) in [5, 5.41) is 12.0. The van der Waals surface area contributed by atoms with Gasteiger partial charge < -0.3 is 15.3 Å². The molecule has 0 unspecified atom stereocenters. The largest absolute Gasteiger partial charge is 0.395 e. The van der Waals surface area contributed by atoms with E-state index in [9.17, 15) is 0 Å². The molecule has 0 aromatic carbocycles. The first-order valence-electron chi connectivity index (χ1n) is 5.58. The van der Waals surface area contributed by atoms with E-state index in [0.717, 1.165) is 30.0 Å². The Balaban J connectivity index is 3.05. The fourth-order valence-corrected chi connectivity index (χ4v) is 1.68. The fourth-order valence-electron chi connectivity index (χ4n) is 1.68. The van der Waals surface area contributed by atoms with Gasteiger partial charge in [0, 0.05) is 26.2 Å². The van der Waals surface area contributed by atoms with Crippen molar-refractivity contribution in [1.29, 1.82) is 0 Å². The van der Waals surface area contributed by atoms with Gasteiger partial charge in [-0.1, -0.05) is 13.3 Å². The lowest BCUT2D eigenvalue weighted by Crippen LogP contribution is -2.24. The van der Waals surface area contributed by atoms with Gasteiger partial charge >= 0.3 is 0 Å². The molecule has 0 radical (unpaired) electrons. The van der Waals surface area contributed by atoms with Crippen molar-refractivity contribution in [2.24, 2.45) is 0 Å². The minimum atomic E-state index is 0.126. The molecular weight excluding hydrogens is 204 g/mol. The summed E-state index contributed by atoms with van der Waals surface area (Å²) in [5.74, 6) is 1.77. The molecule has 5 heteroatoms. The van der Waals surface area contributed by atoms with Crippen molar-refractivity contribution >= 4 is 11.6 Å². The van der Waals surface area contributed by atoms with Crippen LogP contribution in [0, 0.1) is 0 Å². The number of aliphatic hydroxyl groups is 1. The SMILES string of the molecule is CCCc1c(NC)ncnc1N(C)CCO. The van der Waals surface area contributed by atoms with E-state index < -0.39 is 0 Å². The third kappa shape index (κ3) is 2.82. The number of likely N-dealkylation sites (N-methyl/N-ethyl adjacent to an activating group) is 1. The molecule has 2 N–H and O–H groups in total. The number of hydrogen-bond acceptors (Lipinski definition) is 5. The Hall–Kier alpha value is -1.36. The highest BCUT2D eigenvalue weighted by molar-refractivity contribution is 5.58. The molecule has 0 amide bonds. The zero-order valence-corrected chi connectivity index (χ0v) is 10.2. The van der Waals surface area contributed by atoms with Gasteiger partial charge in [0.2, 0.25) is 0 Å². The van der Waals surface area contributed by atoms with Crippen molar-refractivity contribution in [1.82, 2.24) is 9.97 Å². The summed E-state index contributed by atoms with van der Waals surface area (Å²) in [6, 6.07) is 0. The molecule has 1 aromatic rings. The van der Waals surface area contributed by atoms with E-state index in [4.69, 9.17) is 5.11 Å². The van der Waals surface area contributed by atoms with Gasteiger partial charge in [0.05, 0.1) is 6.61 Å². The van der Waals surface area contributed by atoms with Crippen LogP contribution in [0.3, 0.4) is 0 Å². The van der Waals surface area contributed by atoms with E-state index in [0.29, 0.717) is 6.54 Å². The van der Waals surface area contributed by atoms with Gasteiger partial charge in [-0.15, -0.1) is 0 Å². The predicted octanol–water partition coefficient (Wildman–Crippen LogP) is 0.899. The Bertz CT molecular complexity index is 330. The predicted molar refractivity (Wildman–Crippen MR) is 65.9 cm³/mol. The second-order valence-electron chi connectivity index (χ2n) is 3.67. The van der Waals surface area contributed by atoms with Crippen molar-refractivity contribution in [3.8, 4) is 0 Å². The molecule has 90 valence electrons. The minimum Gasteiger partial charge on any atom is -0.395 e. The van der Waals surface area contributed by atoms with Gasteiger partial charge in [-0.25, -0.2) is 9.97 Å². The van der Waals surface area contributed by atoms with Crippen molar-refractivity contribution in [2.45, 2.75) is 19.8 Å². The molecule has 0 aliphatic carbocycles. The molecule has 16 heavy (non-hydrogen) atoms. The first kappa shape index (κ1) is 12.7. The molecule has 0 saturated heterocycles. The van der Waals surface area contributed by atoms with Crippen LogP contribution in [-0.4, -0.2) is 42.3 Å². The third-order valence-corrected chi connectivity index (χ3v) is 2.46. The second kappa shape index (κ2) is 6.27. The van der Waals surface area contributed by atoms with Gasteiger partial charge in [-0.05, 0) is 6.42 Å². The van der Waals surface area contributed by atoms with E-state index in [-0.39, 0.29) is 6.61 Å². The fraction of sp³-hybridized carbons (Fsp3) is 0.636. The monoisotopic (exact) mass is 224 g/mol. The summed E-state index contributed by atoms with van der Waals surface area (Å²) in [4.78, 5) is 10.4. The van der Waals surface area contributed by atoms with Crippen molar-refractivity contribution in [2.75, 3.05) is 37.5 Å². The summed E-state index contributed by atoms with van der Waals surface area (Å²) in [5.41, 5.74) is 1.11. The molecule has 0 spiro atoms. The summed E-state index contributed by atoms with van der Waals surface area (Å²) < 4.78 is 0. The van der Waals surface area contributed by atoms with Gasteiger partial charge in [0.1, 0.15) is 18.0 Å². The minimum absolute atomic E-state index is 0.126. The zero-order chi connectivity index (χ0) is 12.0. The van der Waals surface area contributed by atoms with Crippen molar-refractivity contribution < 1.29 is 5.11 Å². The van der Waals surface area contributed by atoms with Crippen LogP contribution < -0.4 is 10.2 Å². The number of anilines is 2. The summed E-state index contributed by atoms with van der Waals surface area (Å²) >= 11 is 0. The Labute approximate surface area is 96.5 Å². The molecule has 1 rings (SSSR count). The molecule has 0 fully saturated rings. The number of nitrogens with zero attached hydrogens (tertiary/aromatic N) is 3. The normalized spacial score (nSPS) is 10.2. The first-order chi connectivity index (χ1) is 7.74. The standard InChI is InChI=1S/C11H20N4O/c1-4-5-9-10(12-2)13-8-14-11(9)15(3)6-7-16/h8,16H,4-7H2,1-3H3,(H,12,13,14). The number of aromatic nitrogens is 2. The van der Waals surface area contributed by atoms with E-state index >= 15 is 0 Å². The van der Waals surface area contributed by atoms with Gasteiger partial charge in [-0.3, -0.25) is 0 Å². The van der Waals surface area contributed by atoms with Crippen LogP contribution in [0.4, 0.5) is 11.6 Å². The highest BCUT2D eigenvalue weighted by Crippen LogP contribution is 2.23. The maximum atomic E-state index is 8.94. The molecule has 0 aliphatic rings. The zero-order valence-electron chi connectivity index (χ0n) is 10.2. The van der Waals surface area contributed by atoms with Crippen LogP contribution in [0.2, 0.25) is 0 Å². The molecule has 0 bridgehead atoms. The quantitative estimate of drug-likeness (QED) is 0.751. The van der Waals surface area contributed by atoms with Crippen LogP contribution in [0.15, 0.2) is 6.33 Å². The van der Waals surface area contributed by atoms with Gasteiger partial charge in [-0.2, -0.15) is 0 Å². The average molecular weight is 224 g/mol. The lowest BCUT2D eigenvalue weighted by molar-refractivity contribution is 0.303. The van der Waals surface area contributed by atoms with Crippen LogP contribution in [-0.2, 0) is 6.42 Å². The van der Waals surface area contributed by atoms with E-state index in [1.165, 1.54) is 0 Å². The van der Waals surface area contributed by atoms with Crippen LogP contribution in [0.25, 0.3) is 0 Å². The molecule has 0 atom stereocenters. The maximum Gasteiger partial charge on any atom is 0.137 e. The lowest BCUT2D eigenvalue weighted by Gasteiger charge is -2.21. The lowest BCUT2D eigenvalue weighted by atomic mass is 10.1. The number of rotatable bonds is 6. The molecule has 1 aromatic heterocycles. The highest BCUT2D eigenvalue weighted by atomic mass is 16.3. The number of nitrogens with one attached hydrogen (secondary N) is 1. The molecular formula is C11H20N4O. The number of hydrogen-bond donors (Lipinski definition) is 2. The van der Waals surface area contributed by atoms with E-state index in [1.54, 1.807) is 6.33 Å². The Morgan fingerprint density at radius 3 is 2.75 bits per heavy atom. The average Bonchev–Trinajstić information content (AvgIpc) is 2.30. The smallest absolute Gasteiger partial charge is 0.137 e. The Morgan fingerprint density at radius 1 is 1.44 bits per heavy atom. The third-order valence-electron chi connectivity index (χ3n) is 2.46. The Kier molecular flexibility index (Phi) is 4.98. The molecule has 5 nitrogen and oxygen atoms in total. The van der Waals surface area contributed by atoms with Crippen LogP contribution in [0.5, 0.6) is 0 Å². The molecule has 0 aliphatic heterocycles. The van der Waals surface area contributed by atoms with Crippen molar-refractivity contribution in [3.05, 3.63) is 11.9 Å². The van der Waals surface area contributed by atoms with E-state index in [1.807, 2.05) is 19.0 Å². The molecule has 0 saturated carbocycles. The van der Waals surface area contributed by atoms with Crippen LogP contribution >= 0.6 is 0 Å². The van der Waals surface area contributed by atoms with Gasteiger partial charge in [0.25, 0.3) is 0 Å². The van der Waals surface area contributed by atoms with Gasteiger partial charge in [0.15, 0.2) is 0 Å². The molecule has 1 heterocycles. The summed E-state index contributed by atoms with van der Waals surface area (Å²) in [6.45, 7) is 2.83.